The lowest BCUT2D eigenvalue weighted by atomic mass is 10.0. The predicted octanol–water partition coefficient (Wildman–Crippen LogP) is 4.22. The smallest absolute Gasteiger partial charge is 0.0201 e. The van der Waals surface area contributed by atoms with Crippen molar-refractivity contribution in [2.45, 2.75) is 76.5 Å². The van der Waals surface area contributed by atoms with Crippen LogP contribution in [0.25, 0.3) is 0 Å². The molecule has 1 heterocycles. The van der Waals surface area contributed by atoms with Crippen molar-refractivity contribution in [3.05, 3.63) is 0 Å². The van der Waals surface area contributed by atoms with E-state index in [0.29, 0.717) is 0 Å². The molecule has 0 aromatic carbocycles. The molecule has 0 aromatic rings. The minimum absolute atomic E-state index is 0.784. The third-order valence-electron chi connectivity index (χ3n) is 3.50. The average Bonchev–Trinajstić information content (AvgIpc) is 2.34. The zero-order valence-corrected chi connectivity index (χ0v) is 12.0. The Labute approximate surface area is 106 Å². The van der Waals surface area contributed by atoms with Crippen LogP contribution in [0.15, 0.2) is 0 Å². The Morgan fingerprint density at radius 1 is 1.19 bits per heavy atom. The van der Waals surface area contributed by atoms with Crippen LogP contribution in [-0.2, 0) is 0 Å². The molecule has 1 nitrogen and oxygen atoms in total. The van der Waals surface area contributed by atoms with E-state index in [1.54, 1.807) is 0 Å². The molecular formula is C14H29NS. The molecular weight excluding hydrogens is 214 g/mol. The van der Waals surface area contributed by atoms with Crippen molar-refractivity contribution >= 4 is 11.8 Å². The molecule has 0 saturated carbocycles. The second-order valence-electron chi connectivity index (χ2n) is 4.92. The highest BCUT2D eigenvalue weighted by Gasteiger charge is 2.22. The summed E-state index contributed by atoms with van der Waals surface area (Å²) >= 11 is 2.21. The van der Waals surface area contributed by atoms with E-state index >= 15 is 0 Å². The first-order valence-electron chi connectivity index (χ1n) is 7.23. The number of rotatable bonds is 8. The number of hydrogen-bond acceptors (Lipinski definition) is 2. The van der Waals surface area contributed by atoms with Crippen molar-refractivity contribution in [2.24, 2.45) is 0 Å². The monoisotopic (exact) mass is 243 g/mol. The van der Waals surface area contributed by atoms with Gasteiger partial charge in [-0.05, 0) is 31.6 Å². The van der Waals surface area contributed by atoms with Crippen molar-refractivity contribution < 1.29 is 0 Å². The number of hydrogen-bond donors (Lipinski definition) is 1. The summed E-state index contributed by atoms with van der Waals surface area (Å²) in [5.74, 6) is 1.39. The van der Waals surface area contributed by atoms with Gasteiger partial charge in [-0.3, -0.25) is 0 Å². The molecule has 0 radical (unpaired) electrons. The van der Waals surface area contributed by atoms with Crippen molar-refractivity contribution in [1.29, 1.82) is 0 Å². The van der Waals surface area contributed by atoms with Gasteiger partial charge in [0.15, 0.2) is 0 Å². The van der Waals surface area contributed by atoms with E-state index in [-0.39, 0.29) is 0 Å². The lowest BCUT2D eigenvalue weighted by Gasteiger charge is -2.30. The molecule has 0 aliphatic carbocycles. The first-order valence-corrected chi connectivity index (χ1v) is 8.28. The second kappa shape index (κ2) is 9.35. The van der Waals surface area contributed by atoms with Crippen LogP contribution in [0.5, 0.6) is 0 Å². The van der Waals surface area contributed by atoms with E-state index in [0.717, 1.165) is 17.8 Å². The van der Waals surface area contributed by atoms with E-state index in [1.807, 2.05) is 0 Å². The summed E-state index contributed by atoms with van der Waals surface area (Å²) in [5.41, 5.74) is 0. The maximum atomic E-state index is 3.71. The molecule has 1 fully saturated rings. The third kappa shape index (κ3) is 5.58. The van der Waals surface area contributed by atoms with Crippen molar-refractivity contribution in [2.75, 3.05) is 12.3 Å². The fourth-order valence-electron chi connectivity index (χ4n) is 2.56. The Kier molecular flexibility index (Phi) is 8.40. The quantitative estimate of drug-likeness (QED) is 0.641. The minimum atomic E-state index is 0.784. The van der Waals surface area contributed by atoms with Crippen molar-refractivity contribution in [3.8, 4) is 0 Å². The summed E-state index contributed by atoms with van der Waals surface area (Å²) in [6.45, 7) is 5.67. The van der Waals surface area contributed by atoms with E-state index in [4.69, 9.17) is 0 Å². The van der Waals surface area contributed by atoms with Crippen LogP contribution >= 0.6 is 11.8 Å². The van der Waals surface area contributed by atoms with Gasteiger partial charge in [-0.25, -0.2) is 0 Å². The van der Waals surface area contributed by atoms with Crippen LogP contribution in [-0.4, -0.2) is 23.6 Å². The van der Waals surface area contributed by atoms with E-state index in [1.165, 1.54) is 57.1 Å². The summed E-state index contributed by atoms with van der Waals surface area (Å²) in [6.07, 6.45) is 11.3. The SMILES string of the molecule is CCCCCCC(NCC)C1CCCCS1. The van der Waals surface area contributed by atoms with Gasteiger partial charge in [0.1, 0.15) is 0 Å². The second-order valence-corrected chi connectivity index (χ2v) is 6.27. The van der Waals surface area contributed by atoms with Gasteiger partial charge in [-0.15, -0.1) is 0 Å². The Bertz CT molecular complexity index is 155. The number of nitrogens with one attached hydrogen (secondary N) is 1. The van der Waals surface area contributed by atoms with Gasteiger partial charge >= 0.3 is 0 Å². The lowest BCUT2D eigenvalue weighted by molar-refractivity contribution is 0.430. The van der Waals surface area contributed by atoms with Crippen LogP contribution in [0.1, 0.15) is 65.2 Å². The molecule has 2 unspecified atom stereocenters. The Morgan fingerprint density at radius 2 is 2.06 bits per heavy atom. The van der Waals surface area contributed by atoms with Crippen LogP contribution in [0.3, 0.4) is 0 Å². The Balaban J connectivity index is 2.22. The molecule has 0 amide bonds. The maximum Gasteiger partial charge on any atom is 0.0201 e. The standard InChI is InChI=1S/C14H29NS/c1-3-5-6-7-10-13(15-4-2)14-11-8-9-12-16-14/h13-15H,3-12H2,1-2H3. The largest absolute Gasteiger partial charge is 0.313 e. The zero-order valence-electron chi connectivity index (χ0n) is 11.1. The van der Waals surface area contributed by atoms with Gasteiger partial charge in [0, 0.05) is 11.3 Å². The highest BCUT2D eigenvalue weighted by molar-refractivity contribution is 8.00. The third-order valence-corrected chi connectivity index (χ3v) is 5.02. The highest BCUT2D eigenvalue weighted by atomic mass is 32.2. The molecule has 1 N–H and O–H groups in total. The van der Waals surface area contributed by atoms with Gasteiger partial charge in [0.25, 0.3) is 0 Å². The molecule has 1 rings (SSSR count). The molecule has 2 heteroatoms. The molecule has 0 bridgehead atoms. The fraction of sp³-hybridized carbons (Fsp3) is 1.00. The number of unbranched alkanes of at least 4 members (excludes halogenated alkanes) is 3. The van der Waals surface area contributed by atoms with Crippen molar-refractivity contribution in [3.63, 3.8) is 0 Å². The average molecular weight is 243 g/mol. The minimum Gasteiger partial charge on any atom is -0.313 e. The summed E-state index contributed by atoms with van der Waals surface area (Å²) in [7, 11) is 0. The molecule has 0 aromatic heterocycles. The van der Waals surface area contributed by atoms with Crippen molar-refractivity contribution in [1.82, 2.24) is 5.32 Å². The molecule has 16 heavy (non-hydrogen) atoms. The van der Waals surface area contributed by atoms with Crippen LogP contribution in [0.2, 0.25) is 0 Å². The van der Waals surface area contributed by atoms with Gasteiger partial charge in [0.2, 0.25) is 0 Å². The summed E-state index contributed by atoms with van der Waals surface area (Å²) < 4.78 is 0. The van der Waals surface area contributed by atoms with Crippen LogP contribution in [0.4, 0.5) is 0 Å². The Morgan fingerprint density at radius 3 is 2.69 bits per heavy atom. The summed E-state index contributed by atoms with van der Waals surface area (Å²) in [5, 5.41) is 4.61. The normalized spacial score (nSPS) is 23.2. The van der Waals surface area contributed by atoms with Gasteiger partial charge in [-0.2, -0.15) is 11.8 Å². The fourth-order valence-corrected chi connectivity index (χ4v) is 4.03. The molecule has 96 valence electrons. The highest BCUT2D eigenvalue weighted by Crippen LogP contribution is 2.29. The molecule has 2 atom stereocenters. The predicted molar refractivity (Wildman–Crippen MR) is 76.3 cm³/mol. The topological polar surface area (TPSA) is 12.0 Å². The Hall–Kier alpha value is 0.310. The first-order chi connectivity index (χ1) is 7.88. The van der Waals surface area contributed by atoms with E-state index in [2.05, 4.69) is 30.9 Å². The molecule has 1 aliphatic heterocycles. The summed E-state index contributed by atoms with van der Waals surface area (Å²) in [6, 6.07) is 0.784. The summed E-state index contributed by atoms with van der Waals surface area (Å²) in [4.78, 5) is 0. The van der Waals surface area contributed by atoms with E-state index in [9.17, 15) is 0 Å². The maximum absolute atomic E-state index is 3.71. The molecule has 1 saturated heterocycles. The van der Waals surface area contributed by atoms with Crippen LogP contribution < -0.4 is 5.32 Å². The van der Waals surface area contributed by atoms with E-state index < -0.39 is 0 Å². The van der Waals surface area contributed by atoms with Crippen LogP contribution in [0, 0.1) is 0 Å². The molecule has 1 aliphatic rings. The number of thioether (sulfide) groups is 1. The first kappa shape index (κ1) is 14.4. The van der Waals surface area contributed by atoms with Gasteiger partial charge < -0.3 is 5.32 Å². The van der Waals surface area contributed by atoms with Gasteiger partial charge in [-0.1, -0.05) is 46.0 Å². The van der Waals surface area contributed by atoms with Gasteiger partial charge in [0.05, 0.1) is 0 Å². The lowest BCUT2D eigenvalue weighted by Crippen LogP contribution is -2.39. The zero-order chi connectivity index (χ0) is 11.6. The molecule has 0 spiro atoms.